The first-order chi connectivity index (χ1) is 10.2. The summed E-state index contributed by atoms with van der Waals surface area (Å²) in [5.41, 5.74) is 4.17. The van der Waals surface area contributed by atoms with Gasteiger partial charge in [0.05, 0.1) is 11.4 Å². The molecule has 0 aliphatic carbocycles. The highest BCUT2D eigenvalue weighted by Crippen LogP contribution is 2.42. The molecular weight excluding hydrogens is 266 g/mol. The fourth-order valence-electron chi connectivity index (χ4n) is 2.73. The third-order valence-electron chi connectivity index (χ3n) is 3.63. The number of para-hydroxylation sites is 1. The summed E-state index contributed by atoms with van der Waals surface area (Å²) in [6.45, 7) is 0. The highest BCUT2D eigenvalue weighted by atomic mass is 16.3. The van der Waals surface area contributed by atoms with E-state index >= 15 is 0 Å². The average molecular weight is 279 g/mol. The van der Waals surface area contributed by atoms with Crippen LogP contribution in [-0.4, -0.2) is 25.2 Å². The number of aromatic amines is 3. The largest absolute Gasteiger partial charge is 0.494 e. The smallest absolute Gasteiger partial charge is 0.199 e. The fourth-order valence-corrected chi connectivity index (χ4v) is 2.73. The van der Waals surface area contributed by atoms with Gasteiger partial charge in [0, 0.05) is 34.3 Å². The number of aromatic hydroxyl groups is 2. The van der Waals surface area contributed by atoms with Crippen molar-refractivity contribution >= 4 is 10.9 Å². The molecule has 1 aromatic carbocycles. The number of aromatic nitrogens is 3. The van der Waals surface area contributed by atoms with Crippen molar-refractivity contribution in [1.29, 1.82) is 0 Å². The third kappa shape index (κ3) is 1.71. The Morgan fingerprint density at radius 3 is 2.48 bits per heavy atom. The van der Waals surface area contributed by atoms with Gasteiger partial charge in [-0.05, 0) is 18.2 Å². The van der Waals surface area contributed by atoms with Crippen LogP contribution in [0.2, 0.25) is 0 Å². The number of rotatable bonds is 2. The van der Waals surface area contributed by atoms with Gasteiger partial charge < -0.3 is 20.2 Å². The molecule has 0 unspecified atom stereocenters. The van der Waals surface area contributed by atoms with Crippen LogP contribution >= 0.6 is 0 Å². The van der Waals surface area contributed by atoms with Crippen LogP contribution in [0, 0.1) is 0 Å². The lowest BCUT2D eigenvalue weighted by Crippen LogP contribution is -1.81. The number of fused-ring (bicyclic) bond motifs is 1. The maximum absolute atomic E-state index is 10.0. The van der Waals surface area contributed by atoms with Crippen LogP contribution in [0.25, 0.3) is 33.4 Å². The molecule has 21 heavy (non-hydrogen) atoms. The SMILES string of the molecule is Oc1cc(-c2c(-c3ccc[nH]3)[nH]c3ccccc23)c(O)[nH]1. The van der Waals surface area contributed by atoms with Crippen LogP contribution in [0.15, 0.2) is 48.7 Å². The predicted molar refractivity (Wildman–Crippen MR) is 81.2 cm³/mol. The molecule has 0 radical (unpaired) electrons. The van der Waals surface area contributed by atoms with E-state index in [1.54, 1.807) is 0 Å². The highest BCUT2D eigenvalue weighted by molar-refractivity contribution is 6.04. The molecule has 0 saturated heterocycles. The van der Waals surface area contributed by atoms with E-state index in [1.165, 1.54) is 6.07 Å². The summed E-state index contributed by atoms with van der Waals surface area (Å²) in [5, 5.41) is 20.6. The van der Waals surface area contributed by atoms with E-state index in [2.05, 4.69) is 15.0 Å². The maximum atomic E-state index is 10.0. The molecule has 0 spiro atoms. The number of benzene rings is 1. The molecule has 0 saturated carbocycles. The third-order valence-corrected chi connectivity index (χ3v) is 3.63. The minimum Gasteiger partial charge on any atom is -0.494 e. The number of hydrogen-bond acceptors (Lipinski definition) is 2. The van der Waals surface area contributed by atoms with Gasteiger partial charge in [0.25, 0.3) is 0 Å². The van der Waals surface area contributed by atoms with Crippen LogP contribution in [-0.2, 0) is 0 Å². The van der Waals surface area contributed by atoms with E-state index in [1.807, 2.05) is 42.6 Å². The summed E-state index contributed by atoms with van der Waals surface area (Å²) in [6.07, 6.45) is 1.85. The van der Waals surface area contributed by atoms with Crippen molar-refractivity contribution < 1.29 is 10.2 Å². The molecule has 104 valence electrons. The second-order valence-corrected chi connectivity index (χ2v) is 4.92. The first-order valence-corrected chi connectivity index (χ1v) is 6.60. The average Bonchev–Trinajstić information content (AvgIpc) is 3.16. The minimum atomic E-state index is -0.0646. The Hall–Kier alpha value is -3.08. The Bertz CT molecular complexity index is 916. The minimum absolute atomic E-state index is 0.0509. The lowest BCUT2D eigenvalue weighted by molar-refractivity contribution is 0.426. The van der Waals surface area contributed by atoms with Gasteiger partial charge in [0.1, 0.15) is 0 Å². The Balaban J connectivity index is 2.10. The van der Waals surface area contributed by atoms with Crippen molar-refractivity contribution in [2.45, 2.75) is 0 Å². The molecule has 0 aliphatic rings. The molecule has 5 N–H and O–H groups in total. The van der Waals surface area contributed by atoms with Crippen LogP contribution in [0.4, 0.5) is 0 Å². The van der Waals surface area contributed by atoms with Crippen molar-refractivity contribution in [3.05, 3.63) is 48.7 Å². The van der Waals surface area contributed by atoms with Crippen LogP contribution < -0.4 is 0 Å². The number of nitrogens with one attached hydrogen (secondary N) is 3. The zero-order valence-corrected chi connectivity index (χ0v) is 11.0. The predicted octanol–water partition coefficient (Wildman–Crippen LogP) is 3.57. The first kappa shape index (κ1) is 11.7. The lowest BCUT2D eigenvalue weighted by Gasteiger charge is -2.02. The normalized spacial score (nSPS) is 11.2. The molecule has 0 amide bonds. The molecule has 4 aromatic rings. The summed E-state index contributed by atoms with van der Waals surface area (Å²) in [4.78, 5) is 9.05. The van der Waals surface area contributed by atoms with Gasteiger partial charge in [-0.15, -0.1) is 0 Å². The van der Waals surface area contributed by atoms with Crippen molar-refractivity contribution in [3.8, 4) is 34.3 Å². The summed E-state index contributed by atoms with van der Waals surface area (Å²) in [5.74, 6) is -0.115. The summed E-state index contributed by atoms with van der Waals surface area (Å²) >= 11 is 0. The monoisotopic (exact) mass is 279 g/mol. The van der Waals surface area contributed by atoms with Crippen LogP contribution in [0.3, 0.4) is 0 Å². The Morgan fingerprint density at radius 1 is 0.905 bits per heavy atom. The van der Waals surface area contributed by atoms with E-state index in [0.717, 1.165) is 27.9 Å². The van der Waals surface area contributed by atoms with E-state index in [9.17, 15) is 10.2 Å². The van der Waals surface area contributed by atoms with Gasteiger partial charge in [-0.1, -0.05) is 18.2 Å². The topological polar surface area (TPSA) is 87.8 Å². The van der Waals surface area contributed by atoms with Gasteiger partial charge in [-0.3, -0.25) is 4.98 Å². The van der Waals surface area contributed by atoms with Crippen LogP contribution in [0.1, 0.15) is 0 Å². The summed E-state index contributed by atoms with van der Waals surface area (Å²) < 4.78 is 0. The fraction of sp³-hybridized carbons (Fsp3) is 0. The zero-order chi connectivity index (χ0) is 14.4. The van der Waals surface area contributed by atoms with E-state index in [-0.39, 0.29) is 11.8 Å². The quantitative estimate of drug-likeness (QED) is 0.388. The molecule has 0 bridgehead atoms. The van der Waals surface area contributed by atoms with Crippen molar-refractivity contribution in [1.82, 2.24) is 15.0 Å². The standard InChI is InChI=1S/C16H13N3O2/c20-13-8-10(16(21)19-13)14-9-4-1-2-5-11(9)18-15(14)12-6-3-7-17-12/h1-8,17-21H. The second kappa shape index (κ2) is 4.21. The van der Waals surface area contributed by atoms with E-state index in [0.29, 0.717) is 5.56 Å². The first-order valence-electron chi connectivity index (χ1n) is 6.60. The number of hydrogen-bond donors (Lipinski definition) is 5. The zero-order valence-electron chi connectivity index (χ0n) is 11.0. The Morgan fingerprint density at radius 2 is 1.76 bits per heavy atom. The Labute approximate surface area is 119 Å². The molecule has 0 fully saturated rings. The summed E-state index contributed by atoms with van der Waals surface area (Å²) in [6, 6.07) is 13.3. The van der Waals surface area contributed by atoms with Crippen molar-refractivity contribution in [2.24, 2.45) is 0 Å². The second-order valence-electron chi connectivity index (χ2n) is 4.92. The van der Waals surface area contributed by atoms with Gasteiger partial charge in [0.15, 0.2) is 11.8 Å². The Kier molecular flexibility index (Phi) is 2.35. The van der Waals surface area contributed by atoms with E-state index < -0.39 is 0 Å². The molecule has 4 rings (SSSR count). The molecule has 5 heteroatoms. The van der Waals surface area contributed by atoms with Crippen molar-refractivity contribution in [2.75, 3.05) is 0 Å². The molecule has 5 nitrogen and oxygen atoms in total. The van der Waals surface area contributed by atoms with Crippen molar-refractivity contribution in [3.63, 3.8) is 0 Å². The molecule has 0 atom stereocenters. The van der Waals surface area contributed by atoms with Gasteiger partial charge in [-0.25, -0.2) is 0 Å². The molecule has 3 heterocycles. The highest BCUT2D eigenvalue weighted by Gasteiger charge is 2.19. The lowest BCUT2D eigenvalue weighted by atomic mass is 10.0. The van der Waals surface area contributed by atoms with E-state index in [4.69, 9.17) is 0 Å². The van der Waals surface area contributed by atoms with Gasteiger partial charge in [0.2, 0.25) is 0 Å². The molecular formula is C16H13N3O2. The number of H-pyrrole nitrogens is 3. The van der Waals surface area contributed by atoms with Crippen LogP contribution in [0.5, 0.6) is 11.8 Å². The molecule has 3 aromatic heterocycles. The summed E-state index contributed by atoms with van der Waals surface area (Å²) in [7, 11) is 0. The molecule has 0 aliphatic heterocycles. The van der Waals surface area contributed by atoms with Gasteiger partial charge in [-0.2, -0.15) is 0 Å². The van der Waals surface area contributed by atoms with Gasteiger partial charge >= 0.3 is 0 Å². The maximum Gasteiger partial charge on any atom is 0.199 e.